The zero-order valence-electron chi connectivity index (χ0n) is 16.7. The number of esters is 1. The molecule has 156 valence electrons. The molecule has 9 nitrogen and oxygen atoms in total. The standard InChI is InChI=1S/C19H20ClN7O2S/c1-11(2)8-9-30-19-21-18-23-22-16-14(10-15(28)29-3)24-26(17(16)27(18)25-19)13-6-4-12(20)5-7-13/h4-7,11H,8-10H2,1-3H3. The summed E-state index contributed by atoms with van der Waals surface area (Å²) in [5.41, 5.74) is 2.24. The predicted octanol–water partition coefficient (Wildman–Crippen LogP) is 3.37. The van der Waals surface area contributed by atoms with Crippen LogP contribution in [0.4, 0.5) is 0 Å². The van der Waals surface area contributed by atoms with Gasteiger partial charge in [0.1, 0.15) is 5.69 Å². The van der Waals surface area contributed by atoms with Crippen LogP contribution in [0, 0.1) is 5.92 Å². The van der Waals surface area contributed by atoms with Crippen molar-refractivity contribution in [1.82, 2.24) is 34.6 Å². The fraction of sp³-hybridized carbons (Fsp3) is 0.368. The molecule has 0 N–H and O–H groups in total. The van der Waals surface area contributed by atoms with Gasteiger partial charge in [0.25, 0.3) is 5.78 Å². The summed E-state index contributed by atoms with van der Waals surface area (Å²) in [5, 5.41) is 18.9. The third kappa shape index (κ3) is 4.10. The lowest BCUT2D eigenvalue weighted by Crippen LogP contribution is -2.06. The average Bonchev–Trinajstić information content (AvgIpc) is 3.29. The number of hydrogen-bond donors (Lipinski definition) is 0. The Kier molecular flexibility index (Phi) is 5.87. The first-order chi connectivity index (χ1) is 14.5. The molecule has 0 aliphatic rings. The number of hydrogen-bond acceptors (Lipinski definition) is 8. The van der Waals surface area contributed by atoms with E-state index in [0.29, 0.717) is 38.7 Å². The van der Waals surface area contributed by atoms with E-state index < -0.39 is 5.97 Å². The van der Waals surface area contributed by atoms with Crippen molar-refractivity contribution in [2.45, 2.75) is 31.8 Å². The van der Waals surface area contributed by atoms with Crippen molar-refractivity contribution >= 4 is 46.3 Å². The number of carbonyl (C=O) groups is 1. The summed E-state index contributed by atoms with van der Waals surface area (Å²) in [6.45, 7) is 4.36. The van der Waals surface area contributed by atoms with Crippen LogP contribution < -0.4 is 0 Å². The number of ether oxygens (including phenoxy) is 1. The largest absolute Gasteiger partial charge is 0.469 e. The van der Waals surface area contributed by atoms with Gasteiger partial charge in [0, 0.05) is 10.8 Å². The molecule has 0 aliphatic heterocycles. The number of rotatable bonds is 7. The van der Waals surface area contributed by atoms with Crippen LogP contribution in [-0.2, 0) is 16.0 Å². The molecule has 0 amide bonds. The summed E-state index contributed by atoms with van der Waals surface area (Å²) in [5.74, 6) is 1.47. The zero-order chi connectivity index (χ0) is 21.3. The molecule has 0 unspecified atom stereocenters. The second-order valence-corrected chi connectivity index (χ2v) is 8.60. The first-order valence-electron chi connectivity index (χ1n) is 9.43. The van der Waals surface area contributed by atoms with Crippen LogP contribution in [0.1, 0.15) is 26.0 Å². The minimum absolute atomic E-state index is 0.0293. The maximum atomic E-state index is 11.9. The van der Waals surface area contributed by atoms with E-state index in [1.807, 2.05) is 12.1 Å². The summed E-state index contributed by atoms with van der Waals surface area (Å²) in [6.07, 6.45) is 1.03. The second-order valence-electron chi connectivity index (χ2n) is 7.10. The third-order valence-electron chi connectivity index (χ3n) is 4.45. The number of carbonyl (C=O) groups excluding carboxylic acids is 1. The van der Waals surface area contributed by atoms with E-state index in [1.165, 1.54) is 7.11 Å². The van der Waals surface area contributed by atoms with Crippen LogP contribution in [0.25, 0.3) is 22.6 Å². The second kappa shape index (κ2) is 8.57. The maximum Gasteiger partial charge on any atom is 0.311 e. The van der Waals surface area contributed by atoms with Gasteiger partial charge in [-0.2, -0.15) is 14.6 Å². The Morgan fingerprint density at radius 2 is 1.97 bits per heavy atom. The van der Waals surface area contributed by atoms with Crippen molar-refractivity contribution in [2.24, 2.45) is 5.92 Å². The van der Waals surface area contributed by atoms with Crippen LogP contribution in [0.3, 0.4) is 0 Å². The Balaban J connectivity index is 1.85. The fourth-order valence-electron chi connectivity index (χ4n) is 2.86. The summed E-state index contributed by atoms with van der Waals surface area (Å²) >= 11 is 7.61. The summed E-state index contributed by atoms with van der Waals surface area (Å²) < 4.78 is 8.08. The van der Waals surface area contributed by atoms with E-state index in [1.54, 1.807) is 33.1 Å². The van der Waals surface area contributed by atoms with Crippen molar-refractivity contribution in [3.05, 3.63) is 35.0 Å². The van der Waals surface area contributed by atoms with Crippen LogP contribution in [0.5, 0.6) is 0 Å². The smallest absolute Gasteiger partial charge is 0.311 e. The van der Waals surface area contributed by atoms with Gasteiger partial charge in [0.2, 0.25) is 5.16 Å². The molecule has 0 saturated heterocycles. The van der Waals surface area contributed by atoms with Gasteiger partial charge in [0.15, 0.2) is 11.2 Å². The zero-order valence-corrected chi connectivity index (χ0v) is 18.3. The molecule has 0 atom stereocenters. The number of benzene rings is 1. The molecule has 11 heteroatoms. The lowest BCUT2D eigenvalue weighted by Gasteiger charge is -2.03. The van der Waals surface area contributed by atoms with Gasteiger partial charge < -0.3 is 4.74 Å². The number of fused-ring (bicyclic) bond motifs is 3. The van der Waals surface area contributed by atoms with Gasteiger partial charge >= 0.3 is 5.97 Å². The molecule has 3 heterocycles. The Bertz CT molecular complexity index is 1200. The Morgan fingerprint density at radius 1 is 1.20 bits per heavy atom. The van der Waals surface area contributed by atoms with Gasteiger partial charge in [-0.05, 0) is 36.6 Å². The number of methoxy groups -OCH3 is 1. The molecule has 0 fully saturated rings. The summed E-state index contributed by atoms with van der Waals surface area (Å²) in [6, 6.07) is 7.20. The van der Waals surface area contributed by atoms with Crippen LogP contribution in [0.2, 0.25) is 5.02 Å². The number of aromatic nitrogens is 7. The van der Waals surface area contributed by atoms with Crippen molar-refractivity contribution in [3.63, 3.8) is 0 Å². The monoisotopic (exact) mass is 445 g/mol. The minimum atomic E-state index is -0.414. The molecule has 4 aromatic rings. The highest BCUT2D eigenvalue weighted by atomic mass is 35.5. The first-order valence-corrected chi connectivity index (χ1v) is 10.8. The molecule has 0 spiro atoms. The Labute approximate surface area is 181 Å². The van der Waals surface area contributed by atoms with Crippen LogP contribution in [0.15, 0.2) is 29.4 Å². The Hall–Kier alpha value is -2.72. The summed E-state index contributed by atoms with van der Waals surface area (Å²) in [4.78, 5) is 16.4. The van der Waals surface area contributed by atoms with Crippen LogP contribution >= 0.6 is 23.4 Å². The van der Waals surface area contributed by atoms with Gasteiger partial charge in [0.05, 0.1) is 19.2 Å². The fourth-order valence-corrected chi connectivity index (χ4v) is 4.05. The third-order valence-corrected chi connectivity index (χ3v) is 5.58. The molecule has 3 aromatic heterocycles. The SMILES string of the molecule is COC(=O)Cc1nn(-c2ccc(Cl)cc2)c2c1nnc1nc(SCCC(C)C)nn12. The lowest BCUT2D eigenvalue weighted by molar-refractivity contribution is -0.139. The highest BCUT2D eigenvalue weighted by molar-refractivity contribution is 7.99. The number of thioether (sulfide) groups is 1. The minimum Gasteiger partial charge on any atom is -0.469 e. The summed E-state index contributed by atoms with van der Waals surface area (Å²) in [7, 11) is 1.34. The van der Waals surface area contributed by atoms with Crippen molar-refractivity contribution in [2.75, 3.05) is 12.9 Å². The maximum absolute atomic E-state index is 11.9. The highest BCUT2D eigenvalue weighted by Gasteiger charge is 2.21. The topological polar surface area (TPSA) is 100 Å². The molecule has 0 bridgehead atoms. The van der Waals surface area contributed by atoms with Crippen LogP contribution in [-0.4, -0.2) is 53.4 Å². The number of halogens is 1. The molecule has 1 aromatic carbocycles. The van der Waals surface area contributed by atoms with E-state index in [9.17, 15) is 4.79 Å². The van der Waals surface area contributed by atoms with Crippen molar-refractivity contribution in [3.8, 4) is 5.69 Å². The van der Waals surface area contributed by atoms with E-state index in [-0.39, 0.29) is 6.42 Å². The first kappa shape index (κ1) is 20.5. The van der Waals surface area contributed by atoms with Gasteiger partial charge in [-0.3, -0.25) is 4.79 Å². The lowest BCUT2D eigenvalue weighted by atomic mass is 10.2. The van der Waals surface area contributed by atoms with E-state index in [2.05, 4.69) is 39.2 Å². The average molecular weight is 446 g/mol. The quantitative estimate of drug-likeness (QED) is 0.315. The van der Waals surface area contributed by atoms with Gasteiger partial charge in [-0.1, -0.05) is 37.2 Å². The molecular formula is C19H20ClN7O2S. The Morgan fingerprint density at radius 3 is 2.67 bits per heavy atom. The molecule has 30 heavy (non-hydrogen) atoms. The number of nitrogens with zero attached hydrogens (tertiary/aromatic N) is 7. The van der Waals surface area contributed by atoms with Gasteiger partial charge in [-0.15, -0.1) is 15.3 Å². The van der Waals surface area contributed by atoms with Gasteiger partial charge in [-0.25, -0.2) is 4.68 Å². The predicted molar refractivity (Wildman–Crippen MR) is 114 cm³/mol. The van der Waals surface area contributed by atoms with Crippen molar-refractivity contribution < 1.29 is 9.53 Å². The molecule has 4 rings (SSSR count). The van der Waals surface area contributed by atoms with E-state index >= 15 is 0 Å². The molecule has 0 saturated carbocycles. The molecule has 0 radical (unpaired) electrons. The van der Waals surface area contributed by atoms with Crippen molar-refractivity contribution in [1.29, 1.82) is 0 Å². The van der Waals surface area contributed by atoms with E-state index in [0.717, 1.165) is 17.9 Å². The normalized spacial score (nSPS) is 11.6. The van der Waals surface area contributed by atoms with E-state index in [4.69, 9.17) is 16.3 Å². The molecular weight excluding hydrogens is 426 g/mol. The molecule has 0 aliphatic carbocycles. The highest BCUT2D eigenvalue weighted by Crippen LogP contribution is 2.24.